The number of nitrogens with zero attached hydrogens (tertiary/aromatic N) is 4. The fourth-order valence-corrected chi connectivity index (χ4v) is 7.56. The third-order valence-corrected chi connectivity index (χ3v) is 10.3. The lowest BCUT2D eigenvalue weighted by Crippen LogP contribution is -2.00. The fraction of sp³-hybridized carbons (Fsp3) is 0. The second-order valence-corrected chi connectivity index (χ2v) is 13.9. The fourth-order valence-electron chi connectivity index (χ4n) is 7.56. The Morgan fingerprint density at radius 2 is 0.679 bits per heavy atom. The predicted octanol–water partition coefficient (Wildman–Crippen LogP) is 13.2. The zero-order chi connectivity index (χ0) is 37.3. The van der Waals surface area contributed by atoms with Crippen LogP contribution in [-0.2, 0) is 0 Å². The van der Waals surface area contributed by atoms with Crippen LogP contribution in [0.3, 0.4) is 0 Å². The van der Waals surface area contributed by atoms with E-state index in [-0.39, 0.29) is 0 Å². The van der Waals surface area contributed by atoms with Gasteiger partial charge >= 0.3 is 0 Å². The summed E-state index contributed by atoms with van der Waals surface area (Å²) < 4.78 is 0. The molecule has 0 N–H and O–H groups in total. The quantitative estimate of drug-likeness (QED) is 0.154. The molecular weight excluding hydrogens is 681 g/mol. The molecule has 8 aromatic carbocycles. The van der Waals surface area contributed by atoms with Gasteiger partial charge in [0.1, 0.15) is 0 Å². The Morgan fingerprint density at radius 3 is 1.27 bits per heavy atom. The van der Waals surface area contributed by atoms with E-state index >= 15 is 0 Å². The molecule has 0 fully saturated rings. The van der Waals surface area contributed by atoms with E-state index in [2.05, 4.69) is 158 Å². The Hall–Kier alpha value is -7.56. The highest BCUT2D eigenvalue weighted by atomic mass is 15.0. The first kappa shape index (κ1) is 33.0. The summed E-state index contributed by atoms with van der Waals surface area (Å²) in [4.78, 5) is 20.5. The molecule has 2 heterocycles. The van der Waals surface area contributed by atoms with E-state index in [1.54, 1.807) is 0 Å². The average molecular weight is 715 g/mol. The Bertz CT molecular complexity index is 2930. The first-order valence-electron chi connectivity index (χ1n) is 18.8. The number of aromatic nitrogens is 4. The molecule has 10 rings (SSSR count). The topological polar surface area (TPSA) is 51.6 Å². The average Bonchev–Trinajstić information content (AvgIpc) is 3.29. The first-order valence-corrected chi connectivity index (χ1v) is 18.8. The lowest BCUT2D eigenvalue weighted by Gasteiger charge is -2.15. The smallest absolute Gasteiger partial charge is 0.164 e. The van der Waals surface area contributed by atoms with E-state index in [1.165, 1.54) is 5.39 Å². The Kier molecular flexibility index (Phi) is 8.47. The largest absolute Gasteiger partial charge is 0.247 e. The molecule has 0 bridgehead atoms. The summed E-state index contributed by atoms with van der Waals surface area (Å²) in [5.41, 5.74) is 12.5. The lowest BCUT2D eigenvalue weighted by atomic mass is 9.92. The summed E-state index contributed by atoms with van der Waals surface area (Å²) in [5, 5.41) is 3.44. The van der Waals surface area contributed by atoms with Crippen molar-refractivity contribution in [2.45, 2.75) is 0 Å². The molecule has 0 radical (unpaired) electrons. The molecule has 4 heteroatoms. The Morgan fingerprint density at radius 1 is 0.250 bits per heavy atom. The molecule has 0 amide bonds. The van der Waals surface area contributed by atoms with E-state index in [9.17, 15) is 0 Å². The maximum atomic E-state index is 5.18. The van der Waals surface area contributed by atoms with E-state index in [0.29, 0.717) is 17.5 Å². The number of hydrogen-bond acceptors (Lipinski definition) is 4. The van der Waals surface area contributed by atoms with Crippen molar-refractivity contribution in [3.63, 3.8) is 0 Å². The van der Waals surface area contributed by atoms with Crippen LogP contribution < -0.4 is 0 Å². The molecule has 262 valence electrons. The minimum Gasteiger partial charge on any atom is -0.247 e. The summed E-state index contributed by atoms with van der Waals surface area (Å²) in [6.07, 6.45) is 0. The number of para-hydroxylation sites is 1. The summed E-state index contributed by atoms with van der Waals surface area (Å²) in [7, 11) is 0. The van der Waals surface area contributed by atoms with E-state index in [4.69, 9.17) is 19.9 Å². The van der Waals surface area contributed by atoms with Crippen LogP contribution in [0.15, 0.2) is 206 Å². The van der Waals surface area contributed by atoms with Crippen LogP contribution in [0.1, 0.15) is 0 Å². The van der Waals surface area contributed by atoms with Crippen LogP contribution in [0.2, 0.25) is 0 Å². The summed E-state index contributed by atoms with van der Waals surface area (Å²) in [6, 6.07) is 71.7. The summed E-state index contributed by atoms with van der Waals surface area (Å²) in [6.45, 7) is 0. The van der Waals surface area contributed by atoms with Crippen LogP contribution in [0.4, 0.5) is 0 Å². The highest BCUT2D eigenvalue weighted by Crippen LogP contribution is 2.39. The SMILES string of the molecule is c1ccc(-c2cc(-c3ccccc3)cc(-c3nc(-c4ccccc4)nc(-c4ccc(-c5cccc6c(-c7ccccc7)nc7ccccc7c56)cc4)n3)c2)cc1. The van der Waals surface area contributed by atoms with Crippen LogP contribution in [0.25, 0.3) is 100 Å². The van der Waals surface area contributed by atoms with Crippen molar-refractivity contribution in [2.75, 3.05) is 0 Å². The third kappa shape index (κ3) is 6.29. The monoisotopic (exact) mass is 714 g/mol. The second kappa shape index (κ2) is 14.3. The van der Waals surface area contributed by atoms with E-state index in [1.807, 2.05) is 48.5 Å². The van der Waals surface area contributed by atoms with Crippen LogP contribution in [0, 0.1) is 0 Å². The molecule has 0 saturated heterocycles. The van der Waals surface area contributed by atoms with Crippen molar-refractivity contribution in [1.29, 1.82) is 0 Å². The minimum absolute atomic E-state index is 0.616. The Balaban J connectivity index is 1.12. The van der Waals surface area contributed by atoms with E-state index in [0.717, 1.165) is 77.6 Å². The van der Waals surface area contributed by atoms with Gasteiger partial charge in [-0.25, -0.2) is 19.9 Å². The zero-order valence-corrected chi connectivity index (χ0v) is 30.4. The lowest BCUT2D eigenvalue weighted by molar-refractivity contribution is 1.07. The minimum atomic E-state index is 0.616. The van der Waals surface area contributed by atoms with Crippen LogP contribution in [-0.4, -0.2) is 19.9 Å². The van der Waals surface area contributed by atoms with Gasteiger partial charge in [-0.2, -0.15) is 0 Å². The molecule has 0 spiro atoms. The molecule has 4 nitrogen and oxygen atoms in total. The third-order valence-electron chi connectivity index (χ3n) is 10.3. The molecular formula is C52H34N4. The van der Waals surface area contributed by atoms with Gasteiger partial charge in [0, 0.05) is 38.4 Å². The van der Waals surface area contributed by atoms with Gasteiger partial charge in [-0.05, 0) is 57.6 Å². The molecule has 0 aliphatic heterocycles. The van der Waals surface area contributed by atoms with E-state index < -0.39 is 0 Å². The van der Waals surface area contributed by atoms with Gasteiger partial charge in [-0.15, -0.1) is 0 Å². The predicted molar refractivity (Wildman–Crippen MR) is 231 cm³/mol. The second-order valence-electron chi connectivity index (χ2n) is 13.9. The van der Waals surface area contributed by atoms with Crippen molar-refractivity contribution in [2.24, 2.45) is 0 Å². The number of hydrogen-bond donors (Lipinski definition) is 0. The van der Waals surface area contributed by atoms with Gasteiger partial charge in [0.15, 0.2) is 17.5 Å². The molecule has 0 aliphatic carbocycles. The first-order chi connectivity index (χ1) is 27.7. The number of rotatable bonds is 7. The number of pyridine rings is 1. The van der Waals surface area contributed by atoms with Gasteiger partial charge in [0.05, 0.1) is 11.2 Å². The molecule has 0 aliphatic rings. The van der Waals surface area contributed by atoms with Crippen LogP contribution >= 0.6 is 0 Å². The molecule has 2 aromatic heterocycles. The molecule has 10 aromatic rings. The zero-order valence-electron chi connectivity index (χ0n) is 30.4. The molecule has 0 saturated carbocycles. The molecule has 0 atom stereocenters. The normalized spacial score (nSPS) is 11.2. The van der Waals surface area contributed by atoms with Gasteiger partial charge < -0.3 is 0 Å². The van der Waals surface area contributed by atoms with Gasteiger partial charge in [-0.1, -0.05) is 182 Å². The van der Waals surface area contributed by atoms with Gasteiger partial charge in [0.2, 0.25) is 0 Å². The Labute approximate surface area is 325 Å². The summed E-state index contributed by atoms with van der Waals surface area (Å²) >= 11 is 0. The van der Waals surface area contributed by atoms with Crippen molar-refractivity contribution in [1.82, 2.24) is 19.9 Å². The number of benzene rings is 8. The molecule has 0 unspecified atom stereocenters. The van der Waals surface area contributed by atoms with Gasteiger partial charge in [0.25, 0.3) is 0 Å². The standard InChI is InChI=1S/C52H34N4/c1-5-16-35(17-6-1)41-32-42(36-18-7-2-8-19-36)34-43(33-41)52-55-50(39-22-11-4-12-23-39)54-51(56-52)40-30-28-37(29-31-40)44-25-15-26-46-48(44)45-24-13-14-27-47(45)53-49(46)38-20-9-3-10-21-38/h1-34H. The highest BCUT2D eigenvalue weighted by Gasteiger charge is 2.17. The van der Waals surface area contributed by atoms with Crippen molar-refractivity contribution in [3.8, 4) is 78.8 Å². The van der Waals surface area contributed by atoms with Gasteiger partial charge in [-0.3, -0.25) is 0 Å². The summed E-state index contributed by atoms with van der Waals surface area (Å²) in [5.74, 6) is 1.86. The van der Waals surface area contributed by atoms with Crippen molar-refractivity contribution >= 4 is 21.7 Å². The molecule has 56 heavy (non-hydrogen) atoms. The maximum Gasteiger partial charge on any atom is 0.164 e. The number of fused-ring (bicyclic) bond motifs is 3. The maximum absolute atomic E-state index is 5.18. The van der Waals surface area contributed by atoms with Crippen molar-refractivity contribution < 1.29 is 0 Å². The highest BCUT2D eigenvalue weighted by molar-refractivity contribution is 6.17. The van der Waals surface area contributed by atoms with Crippen molar-refractivity contribution in [3.05, 3.63) is 206 Å². The van der Waals surface area contributed by atoms with Crippen LogP contribution in [0.5, 0.6) is 0 Å².